The van der Waals surface area contributed by atoms with Crippen molar-refractivity contribution in [1.82, 2.24) is 20.7 Å². The SMILES string of the molecule is CNN(CCCC1CCCCOC1)C(=O)N1CCCC(C(OCCNC(=O)OC)c2cc(F)cc(Cl)c2)C1. The lowest BCUT2D eigenvalue weighted by molar-refractivity contribution is -0.0116. The topological polar surface area (TPSA) is 92.4 Å². The summed E-state index contributed by atoms with van der Waals surface area (Å²) in [5.74, 6) is 0.0406. The van der Waals surface area contributed by atoms with E-state index in [9.17, 15) is 14.0 Å². The number of nitrogens with one attached hydrogen (secondary N) is 2. The number of alkyl carbamates (subject to hydrolysis) is 1. The number of methoxy groups -OCH3 is 1. The first-order valence-electron chi connectivity index (χ1n) is 13.6. The molecule has 0 bridgehead atoms. The van der Waals surface area contributed by atoms with E-state index in [4.69, 9.17) is 21.1 Å². The molecule has 9 nitrogen and oxygen atoms in total. The molecule has 2 fully saturated rings. The lowest BCUT2D eigenvalue weighted by Gasteiger charge is -2.39. The second-order valence-corrected chi connectivity index (χ2v) is 10.4. The highest BCUT2D eigenvalue weighted by Gasteiger charge is 2.33. The summed E-state index contributed by atoms with van der Waals surface area (Å²) in [5.41, 5.74) is 3.67. The summed E-state index contributed by atoms with van der Waals surface area (Å²) < 4.78 is 30.7. The first-order chi connectivity index (χ1) is 18.4. The van der Waals surface area contributed by atoms with Crippen LogP contribution in [0.1, 0.15) is 56.6 Å². The average Bonchev–Trinajstić information content (AvgIpc) is 3.19. The predicted octanol–water partition coefficient (Wildman–Crippen LogP) is 4.76. The Balaban J connectivity index is 1.61. The zero-order chi connectivity index (χ0) is 27.3. The zero-order valence-corrected chi connectivity index (χ0v) is 23.3. The van der Waals surface area contributed by atoms with Crippen LogP contribution in [-0.4, -0.2) is 82.2 Å². The van der Waals surface area contributed by atoms with E-state index in [1.165, 1.54) is 32.1 Å². The number of piperidine rings is 1. The number of hydrazine groups is 1. The van der Waals surface area contributed by atoms with Crippen molar-refractivity contribution in [3.63, 3.8) is 0 Å². The van der Waals surface area contributed by atoms with Crippen LogP contribution in [0.2, 0.25) is 5.02 Å². The molecule has 11 heteroatoms. The average molecular weight is 557 g/mol. The number of ether oxygens (including phenoxy) is 3. The highest BCUT2D eigenvalue weighted by atomic mass is 35.5. The second kappa shape index (κ2) is 16.1. The van der Waals surface area contributed by atoms with Crippen LogP contribution in [0.3, 0.4) is 0 Å². The summed E-state index contributed by atoms with van der Waals surface area (Å²) in [7, 11) is 3.06. The van der Waals surface area contributed by atoms with Gasteiger partial charge < -0.3 is 24.4 Å². The number of halogens is 2. The summed E-state index contributed by atoms with van der Waals surface area (Å²) in [6.45, 7) is 3.82. The molecule has 3 rings (SSSR count). The van der Waals surface area contributed by atoms with Gasteiger partial charge in [0.05, 0.1) is 19.8 Å². The fourth-order valence-electron chi connectivity index (χ4n) is 5.30. The molecule has 3 unspecified atom stereocenters. The largest absolute Gasteiger partial charge is 0.453 e. The van der Waals surface area contributed by atoms with Gasteiger partial charge >= 0.3 is 12.1 Å². The maximum atomic E-state index is 14.2. The Kier molecular flexibility index (Phi) is 12.9. The van der Waals surface area contributed by atoms with Gasteiger partial charge in [-0.1, -0.05) is 18.0 Å². The predicted molar refractivity (Wildman–Crippen MR) is 143 cm³/mol. The van der Waals surface area contributed by atoms with Crippen LogP contribution in [0.4, 0.5) is 14.0 Å². The van der Waals surface area contributed by atoms with Crippen molar-refractivity contribution in [2.45, 2.75) is 51.0 Å². The molecule has 1 aromatic rings. The van der Waals surface area contributed by atoms with Crippen LogP contribution < -0.4 is 10.7 Å². The van der Waals surface area contributed by atoms with Crippen molar-refractivity contribution in [2.24, 2.45) is 11.8 Å². The molecule has 0 aromatic heterocycles. The van der Waals surface area contributed by atoms with E-state index >= 15 is 0 Å². The highest BCUT2D eigenvalue weighted by molar-refractivity contribution is 6.30. The minimum Gasteiger partial charge on any atom is -0.453 e. The van der Waals surface area contributed by atoms with Crippen molar-refractivity contribution in [3.05, 3.63) is 34.6 Å². The van der Waals surface area contributed by atoms with Gasteiger partial charge in [0.25, 0.3) is 0 Å². The van der Waals surface area contributed by atoms with Gasteiger partial charge in [-0.05, 0) is 68.2 Å². The van der Waals surface area contributed by atoms with Gasteiger partial charge in [0.1, 0.15) is 5.82 Å². The van der Waals surface area contributed by atoms with Gasteiger partial charge in [-0.15, -0.1) is 0 Å². The Hall–Kier alpha value is -2.14. The molecule has 2 heterocycles. The van der Waals surface area contributed by atoms with Crippen LogP contribution in [0.25, 0.3) is 0 Å². The Morgan fingerprint density at radius 2 is 2.11 bits per heavy atom. The van der Waals surface area contributed by atoms with E-state index in [0.29, 0.717) is 31.1 Å². The molecule has 214 valence electrons. The third-order valence-corrected chi connectivity index (χ3v) is 7.44. The van der Waals surface area contributed by atoms with E-state index < -0.39 is 18.0 Å². The van der Waals surface area contributed by atoms with Crippen LogP contribution >= 0.6 is 11.6 Å². The highest BCUT2D eigenvalue weighted by Crippen LogP contribution is 2.34. The van der Waals surface area contributed by atoms with Gasteiger partial charge in [-0.25, -0.2) is 19.4 Å². The van der Waals surface area contributed by atoms with Crippen LogP contribution in [0, 0.1) is 17.7 Å². The number of nitrogens with zero attached hydrogens (tertiary/aromatic N) is 2. The lowest BCUT2D eigenvalue weighted by Crippen LogP contribution is -2.52. The molecule has 3 amide bonds. The van der Waals surface area contributed by atoms with Crippen molar-refractivity contribution in [1.29, 1.82) is 0 Å². The Morgan fingerprint density at radius 3 is 2.87 bits per heavy atom. The first-order valence-corrected chi connectivity index (χ1v) is 14.0. The summed E-state index contributed by atoms with van der Waals surface area (Å²) in [4.78, 5) is 26.7. The van der Waals surface area contributed by atoms with Gasteiger partial charge in [0.15, 0.2) is 0 Å². The Morgan fingerprint density at radius 1 is 1.26 bits per heavy atom. The lowest BCUT2D eigenvalue weighted by atomic mass is 9.88. The smallest absolute Gasteiger partial charge is 0.406 e. The number of hydrogen-bond acceptors (Lipinski definition) is 6. The van der Waals surface area contributed by atoms with Crippen LogP contribution in [0.5, 0.6) is 0 Å². The van der Waals surface area contributed by atoms with Gasteiger partial charge in [0, 0.05) is 57.4 Å². The number of rotatable bonds is 11. The van der Waals surface area contributed by atoms with Gasteiger partial charge in [-0.2, -0.15) is 0 Å². The fourth-order valence-corrected chi connectivity index (χ4v) is 5.53. The molecule has 0 saturated carbocycles. The van der Waals surface area contributed by atoms with Crippen LogP contribution in [-0.2, 0) is 14.2 Å². The second-order valence-electron chi connectivity index (χ2n) is 10.00. The van der Waals surface area contributed by atoms with E-state index in [1.54, 1.807) is 18.1 Å². The van der Waals surface area contributed by atoms with Crippen molar-refractivity contribution in [3.8, 4) is 0 Å². The van der Waals surface area contributed by atoms with E-state index in [-0.39, 0.29) is 30.1 Å². The number of hydrogen-bond donors (Lipinski definition) is 2. The van der Waals surface area contributed by atoms with E-state index in [2.05, 4.69) is 15.5 Å². The molecule has 0 aliphatic carbocycles. The summed E-state index contributed by atoms with van der Waals surface area (Å²) in [5, 5.41) is 4.55. The standard InChI is InChI=1S/C27H42ClFN4O5/c1-30-33(12-5-8-20-7-3-4-13-37-19-20)27(35)32-11-6-9-21(18-32)25(38-14-10-31-26(34)36-2)22-15-23(28)17-24(29)16-22/h15-17,20-21,25,30H,3-14,18-19H2,1-2H3,(H,31,34). The Bertz CT molecular complexity index is 867. The molecule has 1 aromatic carbocycles. The minimum absolute atomic E-state index is 0.0643. The number of likely N-dealkylation sites (tertiary alicyclic amines) is 1. The summed E-state index contributed by atoms with van der Waals surface area (Å²) in [6.07, 6.45) is 6.02. The van der Waals surface area contributed by atoms with Crippen LogP contribution in [0.15, 0.2) is 18.2 Å². The number of urea groups is 1. The summed E-state index contributed by atoms with van der Waals surface area (Å²) in [6, 6.07) is 4.30. The molecule has 0 radical (unpaired) electrons. The maximum Gasteiger partial charge on any atom is 0.406 e. The van der Waals surface area contributed by atoms with E-state index in [0.717, 1.165) is 45.3 Å². The normalized spacial score (nSPS) is 20.9. The number of amides is 3. The Labute approximate surface area is 230 Å². The maximum absolute atomic E-state index is 14.2. The third-order valence-electron chi connectivity index (χ3n) is 7.22. The molecule has 0 spiro atoms. The molecule has 3 atom stereocenters. The molecular formula is C27H42ClFN4O5. The number of carbonyl (C=O) groups excluding carboxylic acids is 2. The summed E-state index contributed by atoms with van der Waals surface area (Å²) >= 11 is 6.15. The fraction of sp³-hybridized carbons (Fsp3) is 0.704. The molecular weight excluding hydrogens is 515 g/mol. The van der Waals surface area contributed by atoms with Gasteiger partial charge in [0.2, 0.25) is 0 Å². The molecule has 2 saturated heterocycles. The quantitative estimate of drug-likeness (QED) is 0.302. The number of carbonyl (C=O) groups is 2. The third kappa shape index (κ3) is 9.55. The molecule has 38 heavy (non-hydrogen) atoms. The zero-order valence-electron chi connectivity index (χ0n) is 22.6. The number of benzene rings is 1. The molecule has 2 aliphatic heterocycles. The van der Waals surface area contributed by atoms with E-state index in [1.807, 2.05) is 4.90 Å². The molecule has 2 N–H and O–H groups in total. The first kappa shape index (κ1) is 30.4. The minimum atomic E-state index is -0.549. The van der Waals surface area contributed by atoms with Crippen molar-refractivity contribution < 1.29 is 28.2 Å². The van der Waals surface area contributed by atoms with Gasteiger partial charge in [-0.3, -0.25) is 5.01 Å². The van der Waals surface area contributed by atoms with Crippen molar-refractivity contribution >= 4 is 23.7 Å². The van der Waals surface area contributed by atoms with Crippen molar-refractivity contribution in [2.75, 3.05) is 60.2 Å². The molecule has 2 aliphatic rings. The monoisotopic (exact) mass is 556 g/mol.